The van der Waals surface area contributed by atoms with Crippen LogP contribution >= 0.6 is 0 Å². The third-order valence-corrected chi connectivity index (χ3v) is 5.59. The van der Waals surface area contributed by atoms with Crippen LogP contribution in [0.2, 0.25) is 0 Å². The Kier molecular flexibility index (Phi) is 8.72. The molecule has 0 saturated carbocycles. The Morgan fingerprint density at radius 1 is 1.16 bits per heavy atom. The molecule has 2 heterocycles. The van der Waals surface area contributed by atoms with Crippen LogP contribution in [0, 0.1) is 0 Å². The topological polar surface area (TPSA) is 120 Å². The second-order valence-electron chi connectivity index (χ2n) is 8.85. The van der Waals surface area contributed by atoms with Gasteiger partial charge in [0.25, 0.3) is 0 Å². The summed E-state index contributed by atoms with van der Waals surface area (Å²) in [4.78, 5) is 19.8. The van der Waals surface area contributed by atoms with Crippen LogP contribution in [0.5, 0.6) is 0 Å². The van der Waals surface area contributed by atoms with Crippen molar-refractivity contribution < 1.29 is 33.3 Å². The van der Waals surface area contributed by atoms with Gasteiger partial charge in [0, 0.05) is 42.9 Å². The zero-order valence-corrected chi connectivity index (χ0v) is 20.6. The van der Waals surface area contributed by atoms with E-state index in [1.54, 1.807) is 36.0 Å². The second kappa shape index (κ2) is 11.6. The summed E-state index contributed by atoms with van der Waals surface area (Å²) in [5.74, 6) is -0.273. The minimum absolute atomic E-state index is 0.150. The molecule has 3 aromatic rings. The average Bonchev–Trinajstić information content (AvgIpc) is 3.21. The van der Waals surface area contributed by atoms with Crippen LogP contribution in [0.1, 0.15) is 44.0 Å². The standard InChI is InChI=1S/C26H29F3N4O4/c1-15(2)25-32-23(16-7-9-31-21(12-16)30-3)24(17-5-4-6-18(11-17)26(27,28)29)33(25)10-8-19(34)13-20(35)14-22(36)37/h4-12,15,19-20,34-35H,13-14H2,1-3H3,(H,30,31)(H,36,37)/t19-,20-/m1/s1. The number of aromatic nitrogens is 3. The van der Waals surface area contributed by atoms with Crippen LogP contribution in [0.3, 0.4) is 0 Å². The Hall–Kier alpha value is -3.70. The van der Waals surface area contributed by atoms with Gasteiger partial charge < -0.3 is 25.2 Å². The van der Waals surface area contributed by atoms with E-state index in [4.69, 9.17) is 10.1 Å². The molecule has 0 saturated heterocycles. The number of nitrogens with one attached hydrogen (secondary N) is 1. The van der Waals surface area contributed by atoms with Gasteiger partial charge >= 0.3 is 12.1 Å². The van der Waals surface area contributed by atoms with Crippen LogP contribution in [-0.4, -0.2) is 55.1 Å². The number of pyridine rings is 1. The summed E-state index contributed by atoms with van der Waals surface area (Å²) in [5.41, 5.74) is 0.862. The molecular formula is C26H29F3N4O4. The maximum Gasteiger partial charge on any atom is 0.416 e. The molecule has 0 spiro atoms. The molecule has 2 aromatic heterocycles. The van der Waals surface area contributed by atoms with Crippen molar-refractivity contribution in [2.45, 2.75) is 51.0 Å². The number of nitrogens with zero attached hydrogens (tertiary/aromatic N) is 3. The molecule has 2 atom stereocenters. The van der Waals surface area contributed by atoms with Crippen molar-refractivity contribution in [2.75, 3.05) is 12.4 Å². The molecular weight excluding hydrogens is 489 g/mol. The summed E-state index contributed by atoms with van der Waals surface area (Å²) in [6.07, 6.45) is -3.37. The normalized spacial score (nSPS) is 13.8. The van der Waals surface area contributed by atoms with Gasteiger partial charge in [-0.3, -0.25) is 4.79 Å². The molecule has 0 radical (unpaired) electrons. The van der Waals surface area contributed by atoms with Gasteiger partial charge in [-0.2, -0.15) is 13.2 Å². The van der Waals surface area contributed by atoms with Gasteiger partial charge in [0.05, 0.1) is 35.6 Å². The van der Waals surface area contributed by atoms with E-state index in [0.29, 0.717) is 28.6 Å². The number of alkyl halides is 3. The number of aliphatic carboxylic acids is 1. The number of carbonyl (C=O) groups is 1. The molecule has 4 N–H and O–H groups in total. The van der Waals surface area contributed by atoms with E-state index in [0.717, 1.165) is 12.1 Å². The van der Waals surface area contributed by atoms with Gasteiger partial charge in [0.15, 0.2) is 0 Å². The van der Waals surface area contributed by atoms with Crippen molar-refractivity contribution in [3.63, 3.8) is 0 Å². The van der Waals surface area contributed by atoms with Crippen LogP contribution in [0.25, 0.3) is 28.7 Å². The minimum atomic E-state index is -4.55. The van der Waals surface area contributed by atoms with Gasteiger partial charge in [0.2, 0.25) is 0 Å². The highest BCUT2D eigenvalue weighted by molar-refractivity contribution is 5.82. The molecule has 0 unspecified atom stereocenters. The van der Waals surface area contributed by atoms with Gasteiger partial charge in [-0.25, -0.2) is 9.97 Å². The van der Waals surface area contributed by atoms with Crippen molar-refractivity contribution in [3.8, 4) is 22.5 Å². The smallest absolute Gasteiger partial charge is 0.416 e. The van der Waals surface area contributed by atoms with Gasteiger partial charge in [0.1, 0.15) is 11.6 Å². The number of aliphatic hydroxyl groups excluding tert-OH is 2. The molecule has 0 aliphatic carbocycles. The van der Waals surface area contributed by atoms with E-state index in [1.807, 2.05) is 13.8 Å². The Balaban J connectivity index is 2.20. The lowest BCUT2D eigenvalue weighted by Gasteiger charge is -2.14. The summed E-state index contributed by atoms with van der Waals surface area (Å²) in [5, 5.41) is 32.0. The fraction of sp³-hybridized carbons (Fsp3) is 0.346. The Labute approximate surface area is 212 Å². The number of carboxylic acids is 1. The number of anilines is 1. The van der Waals surface area contributed by atoms with Crippen molar-refractivity contribution in [3.05, 3.63) is 60.1 Å². The molecule has 1 aromatic carbocycles. The van der Waals surface area contributed by atoms with Crippen LogP contribution in [0.4, 0.5) is 19.0 Å². The van der Waals surface area contributed by atoms with E-state index < -0.39 is 36.3 Å². The van der Waals surface area contributed by atoms with Crippen molar-refractivity contribution in [1.82, 2.24) is 14.5 Å². The molecule has 3 rings (SSSR count). The van der Waals surface area contributed by atoms with Gasteiger partial charge in [-0.1, -0.05) is 26.0 Å². The highest BCUT2D eigenvalue weighted by Gasteiger charge is 2.31. The first kappa shape index (κ1) is 27.9. The zero-order valence-electron chi connectivity index (χ0n) is 20.6. The monoisotopic (exact) mass is 518 g/mol. The predicted octanol–water partition coefficient (Wildman–Crippen LogP) is 4.85. The highest BCUT2D eigenvalue weighted by Crippen LogP contribution is 2.38. The molecule has 8 nitrogen and oxygen atoms in total. The lowest BCUT2D eigenvalue weighted by atomic mass is 10.0. The fourth-order valence-electron chi connectivity index (χ4n) is 3.87. The maximum atomic E-state index is 13.6. The van der Waals surface area contributed by atoms with Crippen molar-refractivity contribution >= 4 is 18.0 Å². The van der Waals surface area contributed by atoms with E-state index in [2.05, 4.69) is 10.3 Å². The molecule has 0 aliphatic rings. The Morgan fingerprint density at radius 2 is 1.89 bits per heavy atom. The minimum Gasteiger partial charge on any atom is -0.481 e. The molecule has 37 heavy (non-hydrogen) atoms. The first-order valence-corrected chi connectivity index (χ1v) is 11.6. The number of hydrogen-bond donors (Lipinski definition) is 4. The summed E-state index contributed by atoms with van der Waals surface area (Å²) in [7, 11) is 1.70. The number of aliphatic hydroxyl groups is 2. The molecule has 0 bridgehead atoms. The summed E-state index contributed by atoms with van der Waals surface area (Å²) in [6, 6.07) is 8.34. The van der Waals surface area contributed by atoms with E-state index >= 15 is 0 Å². The SMILES string of the molecule is CNc1cc(-c2nc(C(C)C)n(C=C[C@@H](O)C[C@@H](O)CC(=O)O)c2-c2cccc(C(F)(F)F)c2)ccn1. The summed E-state index contributed by atoms with van der Waals surface area (Å²) >= 11 is 0. The Bertz CT molecular complexity index is 1270. The van der Waals surface area contributed by atoms with Gasteiger partial charge in [-0.05, 0) is 30.3 Å². The van der Waals surface area contributed by atoms with E-state index in [1.165, 1.54) is 18.3 Å². The first-order valence-electron chi connectivity index (χ1n) is 11.6. The zero-order chi connectivity index (χ0) is 27.3. The number of hydrogen-bond acceptors (Lipinski definition) is 6. The van der Waals surface area contributed by atoms with Crippen LogP contribution in [-0.2, 0) is 11.0 Å². The number of benzene rings is 1. The van der Waals surface area contributed by atoms with E-state index in [-0.39, 0.29) is 17.9 Å². The number of rotatable bonds is 10. The summed E-state index contributed by atoms with van der Waals surface area (Å²) < 4.78 is 42.3. The quantitative estimate of drug-likeness (QED) is 0.303. The number of halogens is 3. The van der Waals surface area contributed by atoms with E-state index in [9.17, 15) is 28.2 Å². The average molecular weight is 519 g/mol. The van der Waals surface area contributed by atoms with Crippen LogP contribution in [0.15, 0.2) is 48.7 Å². The third kappa shape index (κ3) is 6.95. The second-order valence-corrected chi connectivity index (χ2v) is 8.85. The molecule has 0 amide bonds. The number of imidazole rings is 1. The largest absolute Gasteiger partial charge is 0.481 e. The van der Waals surface area contributed by atoms with Crippen molar-refractivity contribution in [2.24, 2.45) is 0 Å². The molecule has 198 valence electrons. The first-order chi connectivity index (χ1) is 17.4. The van der Waals surface area contributed by atoms with Gasteiger partial charge in [-0.15, -0.1) is 0 Å². The summed E-state index contributed by atoms with van der Waals surface area (Å²) in [6.45, 7) is 3.76. The molecule has 0 fully saturated rings. The molecule has 0 aliphatic heterocycles. The maximum absolute atomic E-state index is 13.6. The fourth-order valence-corrected chi connectivity index (χ4v) is 3.87. The third-order valence-electron chi connectivity index (χ3n) is 5.59. The van der Waals surface area contributed by atoms with Crippen molar-refractivity contribution in [1.29, 1.82) is 0 Å². The predicted molar refractivity (Wildman–Crippen MR) is 134 cm³/mol. The lowest BCUT2D eigenvalue weighted by molar-refractivity contribution is -0.139. The lowest BCUT2D eigenvalue weighted by Crippen LogP contribution is -2.19. The molecule has 11 heteroatoms. The highest BCUT2D eigenvalue weighted by atomic mass is 19.4. The number of carboxylic acid groups (broad SMARTS) is 1. The van der Waals surface area contributed by atoms with Crippen LogP contribution < -0.4 is 5.32 Å². The Morgan fingerprint density at radius 3 is 2.51 bits per heavy atom.